The normalized spacial score (nSPS) is 9.26. The van der Waals surface area contributed by atoms with Crippen molar-refractivity contribution >= 4 is 5.78 Å². The smallest absolute Gasteiger partial charge is 0.132 e. The molecule has 0 heterocycles. The topological polar surface area (TPSA) is 35.5 Å². The van der Waals surface area contributed by atoms with E-state index in [4.69, 9.17) is 9.47 Å². The van der Waals surface area contributed by atoms with Crippen LogP contribution >= 0.6 is 0 Å². The second kappa shape index (κ2) is 11.6. The molecule has 19 heavy (non-hydrogen) atoms. The Labute approximate surface area is 116 Å². The lowest BCUT2D eigenvalue weighted by Crippen LogP contribution is -1.93. The minimum absolute atomic E-state index is 0.406. The number of rotatable bonds is 7. The molecule has 3 nitrogen and oxygen atoms in total. The summed E-state index contributed by atoms with van der Waals surface area (Å²) < 4.78 is 9.92. The van der Waals surface area contributed by atoms with Crippen molar-refractivity contribution in [2.45, 2.75) is 46.0 Å². The van der Waals surface area contributed by atoms with Crippen LogP contribution in [-0.4, -0.2) is 20.0 Å². The Kier molecular flexibility index (Phi) is 10.7. The summed E-state index contributed by atoms with van der Waals surface area (Å²) in [7, 11) is 3.28. The van der Waals surface area contributed by atoms with E-state index >= 15 is 0 Å². The third kappa shape index (κ3) is 9.11. The Morgan fingerprint density at radius 3 is 1.74 bits per heavy atom. The zero-order chi connectivity index (χ0) is 14.5. The van der Waals surface area contributed by atoms with E-state index < -0.39 is 0 Å². The number of unbranched alkanes of at least 4 members (excludes halogenated alkanes) is 2. The van der Waals surface area contributed by atoms with Gasteiger partial charge in [0.15, 0.2) is 0 Å². The highest BCUT2D eigenvalue weighted by Gasteiger charge is 1.95. The molecular weight excluding hydrogens is 240 g/mol. The summed E-state index contributed by atoms with van der Waals surface area (Å²) in [6.45, 7) is 4.07. The maximum atomic E-state index is 10.7. The lowest BCUT2D eigenvalue weighted by molar-refractivity contribution is -0.118. The molecule has 1 aromatic carbocycles. The van der Waals surface area contributed by atoms with Crippen LogP contribution in [0.3, 0.4) is 0 Å². The molecule has 108 valence electrons. The fraction of sp³-hybridized carbons (Fsp3) is 0.562. The Bertz CT molecular complexity index is 307. The fourth-order valence-electron chi connectivity index (χ4n) is 1.46. The molecule has 0 spiro atoms. The molecule has 0 saturated heterocycles. The van der Waals surface area contributed by atoms with Crippen molar-refractivity contribution in [3.63, 3.8) is 0 Å². The van der Waals surface area contributed by atoms with Crippen molar-refractivity contribution in [2.24, 2.45) is 0 Å². The number of benzene rings is 1. The van der Waals surface area contributed by atoms with Crippen LogP contribution in [0, 0.1) is 0 Å². The maximum Gasteiger partial charge on any atom is 0.132 e. The number of Topliss-reactive ketones (excluding diaryl/α,β-unsaturated/α-hetero) is 1. The van der Waals surface area contributed by atoms with Crippen LogP contribution in [0.5, 0.6) is 11.5 Å². The van der Waals surface area contributed by atoms with Crippen molar-refractivity contribution < 1.29 is 14.3 Å². The number of hydrogen-bond donors (Lipinski definition) is 0. The minimum atomic E-state index is 0.406. The lowest BCUT2D eigenvalue weighted by atomic mass is 10.1. The van der Waals surface area contributed by atoms with E-state index in [0.29, 0.717) is 12.2 Å². The van der Waals surface area contributed by atoms with Gasteiger partial charge in [-0.3, -0.25) is 4.79 Å². The summed E-state index contributed by atoms with van der Waals surface area (Å²) in [5.74, 6) is 2.10. The van der Waals surface area contributed by atoms with Gasteiger partial charge in [0.05, 0.1) is 14.2 Å². The van der Waals surface area contributed by atoms with Gasteiger partial charge in [-0.25, -0.2) is 0 Å². The Hall–Kier alpha value is -1.51. The predicted molar refractivity (Wildman–Crippen MR) is 79.0 cm³/mol. The number of methoxy groups -OCH3 is 2. The number of ether oxygens (including phenoxy) is 2. The van der Waals surface area contributed by atoms with E-state index in [1.54, 1.807) is 14.2 Å². The molecule has 0 unspecified atom stereocenters. The number of carbonyl (C=O) groups is 1. The van der Waals surface area contributed by atoms with Crippen LogP contribution in [0.25, 0.3) is 0 Å². The van der Waals surface area contributed by atoms with E-state index in [2.05, 4.69) is 6.92 Å². The second-order valence-corrected chi connectivity index (χ2v) is 4.23. The van der Waals surface area contributed by atoms with Crippen LogP contribution in [0.4, 0.5) is 0 Å². The second-order valence-electron chi connectivity index (χ2n) is 4.23. The van der Waals surface area contributed by atoms with E-state index in [-0.39, 0.29) is 0 Å². The maximum absolute atomic E-state index is 10.7. The monoisotopic (exact) mass is 266 g/mol. The third-order valence-electron chi connectivity index (χ3n) is 2.75. The lowest BCUT2D eigenvalue weighted by Gasteiger charge is -2.00. The highest BCUT2D eigenvalue weighted by atomic mass is 16.5. The minimum Gasteiger partial charge on any atom is -0.497 e. The first kappa shape index (κ1) is 17.5. The molecular formula is C16H26O3. The quantitative estimate of drug-likeness (QED) is 0.692. The molecule has 0 aliphatic carbocycles. The molecule has 0 aliphatic rings. The number of ketones is 1. The summed E-state index contributed by atoms with van der Waals surface area (Å²) in [6.07, 6.45) is 5.00. The summed E-state index contributed by atoms with van der Waals surface area (Å²) in [5, 5.41) is 0. The Morgan fingerprint density at radius 1 is 0.947 bits per heavy atom. The van der Waals surface area contributed by atoms with Crippen LogP contribution in [0.1, 0.15) is 46.0 Å². The van der Waals surface area contributed by atoms with Gasteiger partial charge >= 0.3 is 0 Å². The van der Waals surface area contributed by atoms with E-state index in [9.17, 15) is 4.79 Å². The average Bonchev–Trinajstić information content (AvgIpc) is 2.48. The SMILES string of the molecule is CCCCCC(=O)CC.COc1ccc(OC)cc1. The predicted octanol–water partition coefficient (Wildman–Crippen LogP) is 4.25. The zero-order valence-electron chi connectivity index (χ0n) is 12.6. The molecule has 0 atom stereocenters. The highest BCUT2D eigenvalue weighted by Crippen LogP contribution is 2.15. The zero-order valence-corrected chi connectivity index (χ0v) is 12.6. The van der Waals surface area contributed by atoms with Gasteiger partial charge in [0.25, 0.3) is 0 Å². The summed E-state index contributed by atoms with van der Waals surface area (Å²) in [6, 6.07) is 7.44. The van der Waals surface area contributed by atoms with Gasteiger partial charge in [0, 0.05) is 12.8 Å². The van der Waals surface area contributed by atoms with Gasteiger partial charge in [-0.1, -0.05) is 26.7 Å². The van der Waals surface area contributed by atoms with E-state index in [0.717, 1.165) is 24.3 Å². The molecule has 0 N–H and O–H groups in total. The molecule has 0 fully saturated rings. The summed E-state index contributed by atoms with van der Waals surface area (Å²) in [4.78, 5) is 10.7. The van der Waals surface area contributed by atoms with Crippen LogP contribution in [0.2, 0.25) is 0 Å². The molecule has 1 aromatic rings. The molecule has 0 saturated carbocycles. The molecule has 3 heteroatoms. The fourth-order valence-corrected chi connectivity index (χ4v) is 1.46. The Morgan fingerprint density at radius 2 is 1.42 bits per heavy atom. The standard InChI is InChI=1S/C8H10O2.C8H16O/c1-9-7-3-5-8(10-2)6-4-7;1-3-5-6-7-8(9)4-2/h3-6H,1-2H3;3-7H2,1-2H3. The molecule has 0 radical (unpaired) electrons. The van der Waals surface area contributed by atoms with Gasteiger partial charge in [0.1, 0.15) is 17.3 Å². The van der Waals surface area contributed by atoms with Gasteiger partial charge in [-0.15, -0.1) is 0 Å². The number of carbonyl (C=O) groups excluding carboxylic acids is 1. The molecule has 0 amide bonds. The van der Waals surface area contributed by atoms with Crippen molar-refractivity contribution in [3.05, 3.63) is 24.3 Å². The summed E-state index contributed by atoms with van der Waals surface area (Å²) in [5.41, 5.74) is 0. The Balaban J connectivity index is 0.000000344. The van der Waals surface area contributed by atoms with E-state index in [1.165, 1.54) is 12.8 Å². The third-order valence-corrected chi connectivity index (χ3v) is 2.75. The number of hydrogen-bond acceptors (Lipinski definition) is 3. The van der Waals surface area contributed by atoms with Crippen LogP contribution in [-0.2, 0) is 4.79 Å². The van der Waals surface area contributed by atoms with Gasteiger partial charge < -0.3 is 9.47 Å². The van der Waals surface area contributed by atoms with Gasteiger partial charge in [-0.2, -0.15) is 0 Å². The van der Waals surface area contributed by atoms with Crippen molar-refractivity contribution in [2.75, 3.05) is 14.2 Å². The van der Waals surface area contributed by atoms with Gasteiger partial charge in [-0.05, 0) is 30.7 Å². The average molecular weight is 266 g/mol. The van der Waals surface area contributed by atoms with E-state index in [1.807, 2.05) is 31.2 Å². The van der Waals surface area contributed by atoms with Crippen LogP contribution in [0.15, 0.2) is 24.3 Å². The van der Waals surface area contributed by atoms with Crippen molar-refractivity contribution in [1.82, 2.24) is 0 Å². The first-order valence-corrected chi connectivity index (χ1v) is 6.87. The van der Waals surface area contributed by atoms with Crippen molar-refractivity contribution in [1.29, 1.82) is 0 Å². The molecule has 1 rings (SSSR count). The molecule has 0 bridgehead atoms. The summed E-state index contributed by atoms with van der Waals surface area (Å²) >= 11 is 0. The van der Waals surface area contributed by atoms with Crippen LogP contribution < -0.4 is 9.47 Å². The first-order chi connectivity index (χ1) is 9.17. The largest absolute Gasteiger partial charge is 0.497 e. The molecule has 0 aliphatic heterocycles. The molecule has 0 aromatic heterocycles. The highest BCUT2D eigenvalue weighted by molar-refractivity contribution is 5.77. The van der Waals surface area contributed by atoms with Crippen molar-refractivity contribution in [3.8, 4) is 11.5 Å². The first-order valence-electron chi connectivity index (χ1n) is 6.87. The van der Waals surface area contributed by atoms with Gasteiger partial charge in [0.2, 0.25) is 0 Å².